The first-order valence-corrected chi connectivity index (χ1v) is 17.1. The fourth-order valence-electron chi connectivity index (χ4n) is 4.17. The molecule has 44 heavy (non-hydrogen) atoms. The van der Waals surface area contributed by atoms with Gasteiger partial charge >= 0.3 is 11.9 Å². The lowest BCUT2D eigenvalue weighted by atomic mass is 9.98. The number of ether oxygens (including phenoxy) is 3. The van der Waals surface area contributed by atoms with Crippen molar-refractivity contribution in [3.8, 4) is 17.6 Å². The minimum Gasteiger partial charge on any atom is -0.497 e. The molecule has 1 saturated heterocycles. The van der Waals surface area contributed by atoms with Crippen LogP contribution < -0.4 is 16.0 Å². The molecule has 242 valence electrons. The van der Waals surface area contributed by atoms with Gasteiger partial charge in [-0.05, 0) is 63.2 Å². The third-order valence-electron chi connectivity index (χ3n) is 7.70. The standard InChI is InChI=1S/C31H41F3N2O7Si/c1-29(2,3)15-10-16-41-23-17-25(43-24(23)19-42-44(8,9)30(4,5)6)35-18-22(31(32,33)34)27(38)36(28(35)39)26(37)20-11-13-21(40-7)14-12-20/h11-14,18,23-25H,16-17,19H2,1-9H3/t23-,24+,25+/m0/s1. The van der Waals surface area contributed by atoms with Crippen LogP contribution in [0.15, 0.2) is 40.1 Å². The minimum atomic E-state index is -5.16. The summed E-state index contributed by atoms with van der Waals surface area (Å²) in [5.74, 6) is 5.16. The minimum absolute atomic E-state index is 0.0158. The first-order valence-electron chi connectivity index (χ1n) is 14.2. The van der Waals surface area contributed by atoms with E-state index >= 15 is 0 Å². The fraction of sp³-hybridized carbons (Fsp3) is 0.581. The summed E-state index contributed by atoms with van der Waals surface area (Å²) in [6.45, 7) is 16.2. The normalized spacial score (nSPS) is 19.4. The SMILES string of the molecule is COc1ccc(C(=O)n2c(=O)c(C(F)(F)F)cn([C@H]3C[C@H](OCC#CC(C)(C)C)[C@@H](CO[Si](C)(C)C(C)(C)C)O3)c2=O)cc1. The van der Waals surface area contributed by atoms with Crippen molar-refractivity contribution in [3.05, 3.63) is 62.4 Å². The number of hydrogen-bond acceptors (Lipinski definition) is 7. The summed E-state index contributed by atoms with van der Waals surface area (Å²) < 4.78 is 66.3. The van der Waals surface area contributed by atoms with E-state index in [0.717, 1.165) is 0 Å². The molecule has 0 bridgehead atoms. The number of rotatable bonds is 8. The van der Waals surface area contributed by atoms with E-state index in [1.165, 1.54) is 31.4 Å². The van der Waals surface area contributed by atoms with Gasteiger partial charge in [0.25, 0.3) is 11.5 Å². The molecule has 9 nitrogen and oxygen atoms in total. The second-order valence-corrected chi connectivity index (χ2v) is 18.1. The number of carbonyl (C=O) groups is 1. The summed E-state index contributed by atoms with van der Waals surface area (Å²) in [5, 5.41) is -0.130. The Morgan fingerprint density at radius 3 is 2.20 bits per heavy atom. The molecule has 0 aliphatic carbocycles. The average Bonchev–Trinajstić information content (AvgIpc) is 3.30. The third kappa shape index (κ3) is 8.29. The van der Waals surface area contributed by atoms with Crippen LogP contribution in [0, 0.1) is 17.3 Å². The van der Waals surface area contributed by atoms with Gasteiger partial charge in [-0.25, -0.2) is 4.79 Å². The van der Waals surface area contributed by atoms with Crippen molar-refractivity contribution in [3.63, 3.8) is 0 Å². The lowest BCUT2D eigenvalue weighted by Gasteiger charge is -2.37. The Bertz CT molecular complexity index is 1520. The zero-order valence-corrected chi connectivity index (χ0v) is 27.6. The molecule has 2 heterocycles. The highest BCUT2D eigenvalue weighted by Gasteiger charge is 2.44. The maximum atomic E-state index is 14.1. The molecule has 0 saturated carbocycles. The number of aromatic nitrogens is 2. The molecule has 0 unspecified atom stereocenters. The van der Waals surface area contributed by atoms with Crippen molar-refractivity contribution >= 4 is 14.2 Å². The van der Waals surface area contributed by atoms with Crippen LogP contribution in [0.3, 0.4) is 0 Å². The van der Waals surface area contributed by atoms with E-state index in [4.69, 9.17) is 18.6 Å². The predicted molar refractivity (Wildman–Crippen MR) is 161 cm³/mol. The van der Waals surface area contributed by atoms with Crippen LogP contribution in [0.2, 0.25) is 18.1 Å². The summed E-state index contributed by atoms with van der Waals surface area (Å²) >= 11 is 0. The van der Waals surface area contributed by atoms with E-state index in [0.29, 0.717) is 16.5 Å². The molecule has 1 aliphatic rings. The van der Waals surface area contributed by atoms with Crippen molar-refractivity contribution in [2.24, 2.45) is 5.41 Å². The van der Waals surface area contributed by atoms with E-state index in [9.17, 15) is 27.6 Å². The summed E-state index contributed by atoms with van der Waals surface area (Å²) in [4.78, 5) is 39.8. The lowest BCUT2D eigenvalue weighted by molar-refractivity contribution is -0.139. The second kappa shape index (κ2) is 13.0. The molecule has 2 aromatic rings. The van der Waals surface area contributed by atoms with E-state index < -0.39 is 55.6 Å². The van der Waals surface area contributed by atoms with E-state index in [1.807, 2.05) is 33.9 Å². The molecular formula is C31H41F3N2O7Si. The number of benzene rings is 1. The molecule has 1 aliphatic heterocycles. The quantitative estimate of drug-likeness (QED) is 0.280. The van der Waals surface area contributed by atoms with Crippen LogP contribution in [0.4, 0.5) is 13.2 Å². The Morgan fingerprint density at radius 2 is 1.68 bits per heavy atom. The van der Waals surface area contributed by atoms with Crippen LogP contribution in [-0.2, 0) is 20.1 Å². The number of alkyl halides is 3. The Labute approximate surface area is 256 Å². The molecule has 1 aromatic heterocycles. The first kappa shape index (κ1) is 35.3. The highest BCUT2D eigenvalue weighted by atomic mass is 28.4. The molecular weight excluding hydrogens is 597 g/mol. The van der Waals surface area contributed by atoms with E-state index in [2.05, 4.69) is 32.6 Å². The van der Waals surface area contributed by atoms with E-state index in [1.54, 1.807) is 0 Å². The van der Waals surface area contributed by atoms with Crippen LogP contribution in [0.1, 0.15) is 70.1 Å². The van der Waals surface area contributed by atoms with Crippen LogP contribution in [-0.4, -0.2) is 55.9 Å². The van der Waals surface area contributed by atoms with Gasteiger partial charge in [0.1, 0.15) is 30.3 Å². The molecule has 0 spiro atoms. The molecule has 0 radical (unpaired) electrons. The molecule has 0 amide bonds. The third-order valence-corrected chi connectivity index (χ3v) is 12.2. The Balaban J connectivity index is 2.05. The van der Waals surface area contributed by atoms with Gasteiger partial charge in [0.05, 0.1) is 19.8 Å². The second-order valence-electron chi connectivity index (χ2n) is 13.2. The van der Waals surface area contributed by atoms with Crippen LogP contribution in [0.25, 0.3) is 0 Å². The van der Waals surface area contributed by atoms with Crippen molar-refractivity contribution in [1.29, 1.82) is 0 Å². The smallest absolute Gasteiger partial charge is 0.423 e. The summed E-state index contributed by atoms with van der Waals surface area (Å²) in [7, 11) is -0.871. The number of methoxy groups -OCH3 is 1. The highest BCUT2D eigenvalue weighted by Crippen LogP contribution is 2.38. The van der Waals surface area contributed by atoms with Crippen LogP contribution >= 0.6 is 0 Å². The molecule has 0 N–H and O–H groups in total. The maximum Gasteiger partial charge on any atom is 0.423 e. The molecule has 1 fully saturated rings. The van der Waals surface area contributed by atoms with Gasteiger partial charge in [-0.1, -0.05) is 32.6 Å². The summed E-state index contributed by atoms with van der Waals surface area (Å²) in [6, 6.07) is 5.28. The van der Waals surface area contributed by atoms with Gasteiger partial charge in [0.2, 0.25) is 0 Å². The number of halogens is 3. The number of carbonyl (C=O) groups excluding carboxylic acids is 1. The highest BCUT2D eigenvalue weighted by molar-refractivity contribution is 6.74. The van der Waals surface area contributed by atoms with E-state index in [-0.39, 0.29) is 40.2 Å². The number of nitrogens with zero attached hydrogens (tertiary/aromatic N) is 2. The van der Waals surface area contributed by atoms with Crippen molar-refractivity contribution < 1.29 is 36.6 Å². The van der Waals surface area contributed by atoms with Crippen molar-refractivity contribution in [2.75, 3.05) is 20.3 Å². The zero-order chi connectivity index (χ0) is 33.3. The maximum absolute atomic E-state index is 14.1. The van der Waals surface area contributed by atoms with Crippen LogP contribution in [0.5, 0.6) is 5.75 Å². The van der Waals surface area contributed by atoms with Gasteiger partial charge in [-0.15, -0.1) is 0 Å². The topological polar surface area (TPSA) is 98.0 Å². The monoisotopic (exact) mass is 638 g/mol. The van der Waals surface area contributed by atoms with Gasteiger partial charge in [-0.3, -0.25) is 14.2 Å². The van der Waals surface area contributed by atoms with Gasteiger partial charge in [0, 0.05) is 23.6 Å². The van der Waals surface area contributed by atoms with Gasteiger partial charge < -0.3 is 18.6 Å². The Hall–Kier alpha value is -3.18. The summed E-state index contributed by atoms with van der Waals surface area (Å²) in [5.41, 5.74) is -5.18. The summed E-state index contributed by atoms with van der Waals surface area (Å²) in [6.07, 6.45) is -7.54. The van der Waals surface area contributed by atoms with Gasteiger partial charge in [-0.2, -0.15) is 17.7 Å². The fourth-order valence-corrected chi connectivity index (χ4v) is 5.18. The van der Waals surface area contributed by atoms with Gasteiger partial charge in [0.15, 0.2) is 8.32 Å². The Kier molecular flexibility index (Phi) is 10.5. The van der Waals surface area contributed by atoms with Crippen molar-refractivity contribution in [2.45, 2.75) is 90.7 Å². The Morgan fingerprint density at radius 1 is 1.07 bits per heavy atom. The zero-order valence-electron chi connectivity index (χ0n) is 26.6. The lowest BCUT2D eigenvalue weighted by Crippen LogP contribution is -2.47. The average molecular weight is 639 g/mol. The molecule has 1 aromatic carbocycles. The number of hydrogen-bond donors (Lipinski definition) is 0. The predicted octanol–water partition coefficient (Wildman–Crippen LogP) is 5.47. The molecule has 13 heteroatoms. The largest absolute Gasteiger partial charge is 0.497 e. The molecule has 3 rings (SSSR count). The molecule has 3 atom stereocenters. The van der Waals surface area contributed by atoms with Crippen molar-refractivity contribution in [1.82, 2.24) is 9.13 Å². The first-order chi connectivity index (χ1) is 20.2.